The molecule has 2 aromatic rings. The second kappa shape index (κ2) is 5.57. The predicted molar refractivity (Wildman–Crippen MR) is 77.5 cm³/mol. The summed E-state index contributed by atoms with van der Waals surface area (Å²) in [6, 6.07) is 11.5. The second-order valence-electron chi connectivity index (χ2n) is 4.39. The molecule has 19 heavy (non-hydrogen) atoms. The standard InChI is InChI=1S/C16H17NO2/c1-4-11-19-14-8-6-13(7-9-14)15-10-5-12(2)16(18)17(15)3/h4-10H,1,11H2,2-3H3. The van der Waals surface area contributed by atoms with E-state index in [4.69, 9.17) is 4.74 Å². The lowest BCUT2D eigenvalue weighted by molar-refractivity contribution is 0.363. The highest BCUT2D eigenvalue weighted by atomic mass is 16.5. The minimum Gasteiger partial charge on any atom is -0.490 e. The summed E-state index contributed by atoms with van der Waals surface area (Å²) in [4.78, 5) is 11.9. The van der Waals surface area contributed by atoms with E-state index in [2.05, 4.69) is 6.58 Å². The molecule has 0 atom stereocenters. The summed E-state index contributed by atoms with van der Waals surface area (Å²) in [5.41, 5.74) is 2.66. The van der Waals surface area contributed by atoms with Gasteiger partial charge in [-0.1, -0.05) is 18.7 Å². The van der Waals surface area contributed by atoms with Crippen LogP contribution in [0.25, 0.3) is 11.3 Å². The number of benzene rings is 1. The van der Waals surface area contributed by atoms with Gasteiger partial charge in [-0.25, -0.2) is 0 Å². The minimum absolute atomic E-state index is 0.0319. The van der Waals surface area contributed by atoms with Crippen molar-refractivity contribution in [2.24, 2.45) is 7.05 Å². The zero-order valence-electron chi connectivity index (χ0n) is 11.2. The second-order valence-corrected chi connectivity index (χ2v) is 4.39. The summed E-state index contributed by atoms with van der Waals surface area (Å²) in [6.07, 6.45) is 1.71. The number of aryl methyl sites for hydroxylation is 1. The first-order chi connectivity index (χ1) is 9.13. The molecule has 3 nitrogen and oxygen atoms in total. The zero-order valence-corrected chi connectivity index (χ0v) is 11.2. The molecule has 1 aromatic carbocycles. The van der Waals surface area contributed by atoms with Crippen molar-refractivity contribution in [2.45, 2.75) is 6.92 Å². The van der Waals surface area contributed by atoms with Crippen molar-refractivity contribution in [3.63, 3.8) is 0 Å². The monoisotopic (exact) mass is 255 g/mol. The number of aromatic nitrogens is 1. The van der Waals surface area contributed by atoms with E-state index in [1.165, 1.54) is 0 Å². The van der Waals surface area contributed by atoms with Gasteiger partial charge in [-0.3, -0.25) is 4.79 Å². The topological polar surface area (TPSA) is 31.2 Å². The van der Waals surface area contributed by atoms with Gasteiger partial charge >= 0.3 is 0 Å². The maximum absolute atomic E-state index is 11.9. The van der Waals surface area contributed by atoms with Crippen LogP contribution in [0.4, 0.5) is 0 Å². The Kier molecular flexibility index (Phi) is 3.85. The fourth-order valence-electron chi connectivity index (χ4n) is 1.93. The Hall–Kier alpha value is -2.29. The summed E-state index contributed by atoms with van der Waals surface area (Å²) in [5, 5.41) is 0. The van der Waals surface area contributed by atoms with Crippen molar-refractivity contribution in [3.8, 4) is 17.0 Å². The largest absolute Gasteiger partial charge is 0.490 e. The van der Waals surface area contributed by atoms with E-state index in [9.17, 15) is 4.79 Å². The van der Waals surface area contributed by atoms with E-state index in [-0.39, 0.29) is 5.56 Å². The van der Waals surface area contributed by atoms with E-state index >= 15 is 0 Å². The quantitative estimate of drug-likeness (QED) is 0.787. The number of pyridine rings is 1. The fourth-order valence-corrected chi connectivity index (χ4v) is 1.93. The maximum atomic E-state index is 11.9. The van der Waals surface area contributed by atoms with Crippen LogP contribution in [0, 0.1) is 6.92 Å². The number of nitrogens with zero attached hydrogens (tertiary/aromatic N) is 1. The van der Waals surface area contributed by atoms with Gasteiger partial charge in [0.15, 0.2) is 0 Å². The molecule has 2 rings (SSSR count). The highest BCUT2D eigenvalue weighted by molar-refractivity contribution is 5.60. The minimum atomic E-state index is 0.0319. The highest BCUT2D eigenvalue weighted by Gasteiger charge is 2.05. The first-order valence-electron chi connectivity index (χ1n) is 6.14. The van der Waals surface area contributed by atoms with Gasteiger partial charge in [-0.2, -0.15) is 0 Å². The third-order valence-corrected chi connectivity index (χ3v) is 3.01. The summed E-state index contributed by atoms with van der Waals surface area (Å²) in [7, 11) is 1.78. The van der Waals surface area contributed by atoms with Crippen molar-refractivity contribution < 1.29 is 4.74 Å². The Morgan fingerprint density at radius 3 is 2.53 bits per heavy atom. The molecule has 1 aromatic heterocycles. The summed E-state index contributed by atoms with van der Waals surface area (Å²) in [6.45, 7) is 5.91. The molecule has 0 spiro atoms. The first kappa shape index (κ1) is 13.1. The Morgan fingerprint density at radius 2 is 1.89 bits per heavy atom. The molecule has 1 heterocycles. The number of hydrogen-bond donors (Lipinski definition) is 0. The Bertz CT molecular complexity index is 639. The van der Waals surface area contributed by atoms with Crippen molar-refractivity contribution in [3.05, 3.63) is 65.0 Å². The van der Waals surface area contributed by atoms with Gasteiger partial charge in [0, 0.05) is 12.6 Å². The lowest BCUT2D eigenvalue weighted by Gasteiger charge is -2.10. The molecule has 0 amide bonds. The molecule has 0 fully saturated rings. The molecule has 0 aliphatic heterocycles. The van der Waals surface area contributed by atoms with E-state index in [0.29, 0.717) is 6.61 Å². The van der Waals surface area contributed by atoms with Crippen molar-refractivity contribution in [1.29, 1.82) is 0 Å². The smallest absolute Gasteiger partial charge is 0.253 e. The third kappa shape index (κ3) is 2.76. The van der Waals surface area contributed by atoms with Crippen LogP contribution in [-0.2, 0) is 7.05 Å². The van der Waals surface area contributed by atoms with Crippen LogP contribution in [-0.4, -0.2) is 11.2 Å². The van der Waals surface area contributed by atoms with Crippen LogP contribution in [0.3, 0.4) is 0 Å². The summed E-state index contributed by atoms with van der Waals surface area (Å²) < 4.78 is 7.09. The van der Waals surface area contributed by atoms with Crippen LogP contribution in [0.1, 0.15) is 5.56 Å². The lowest BCUT2D eigenvalue weighted by atomic mass is 10.1. The van der Waals surface area contributed by atoms with Crippen LogP contribution in [0.15, 0.2) is 53.8 Å². The normalized spacial score (nSPS) is 10.2. The number of hydrogen-bond acceptors (Lipinski definition) is 2. The fraction of sp³-hybridized carbons (Fsp3) is 0.188. The van der Waals surface area contributed by atoms with Gasteiger partial charge in [0.25, 0.3) is 5.56 Å². The average molecular weight is 255 g/mol. The van der Waals surface area contributed by atoms with Crippen LogP contribution in [0.2, 0.25) is 0 Å². The van der Waals surface area contributed by atoms with Gasteiger partial charge in [0.2, 0.25) is 0 Å². The molecule has 0 saturated heterocycles. The van der Waals surface area contributed by atoms with E-state index in [0.717, 1.165) is 22.6 Å². The van der Waals surface area contributed by atoms with Crippen molar-refractivity contribution >= 4 is 0 Å². The van der Waals surface area contributed by atoms with Crippen LogP contribution < -0.4 is 10.3 Å². The Labute approximate surface area is 112 Å². The molecule has 0 unspecified atom stereocenters. The predicted octanol–water partition coefficient (Wildman–Crippen LogP) is 2.93. The van der Waals surface area contributed by atoms with Gasteiger partial charge in [-0.05, 0) is 42.8 Å². The van der Waals surface area contributed by atoms with Crippen LogP contribution in [0.5, 0.6) is 5.75 Å². The Morgan fingerprint density at radius 1 is 1.21 bits per heavy atom. The van der Waals surface area contributed by atoms with Crippen molar-refractivity contribution in [2.75, 3.05) is 6.61 Å². The SMILES string of the molecule is C=CCOc1ccc(-c2ccc(C)c(=O)n2C)cc1. The highest BCUT2D eigenvalue weighted by Crippen LogP contribution is 2.21. The molecular formula is C16H17NO2. The number of ether oxygens (including phenoxy) is 1. The first-order valence-corrected chi connectivity index (χ1v) is 6.14. The van der Waals surface area contributed by atoms with Gasteiger partial charge < -0.3 is 9.30 Å². The number of rotatable bonds is 4. The zero-order chi connectivity index (χ0) is 13.8. The van der Waals surface area contributed by atoms with Gasteiger partial charge in [0.05, 0.1) is 5.69 Å². The summed E-state index contributed by atoms with van der Waals surface area (Å²) >= 11 is 0. The third-order valence-electron chi connectivity index (χ3n) is 3.01. The molecule has 98 valence electrons. The molecule has 0 aliphatic carbocycles. The summed E-state index contributed by atoms with van der Waals surface area (Å²) in [5.74, 6) is 0.792. The molecule has 0 N–H and O–H groups in total. The molecule has 0 aliphatic rings. The van der Waals surface area contributed by atoms with E-state index in [1.54, 1.807) is 17.7 Å². The van der Waals surface area contributed by atoms with Gasteiger partial charge in [0.1, 0.15) is 12.4 Å². The van der Waals surface area contributed by atoms with Crippen molar-refractivity contribution in [1.82, 2.24) is 4.57 Å². The molecule has 3 heteroatoms. The maximum Gasteiger partial charge on any atom is 0.253 e. The lowest BCUT2D eigenvalue weighted by Crippen LogP contribution is -2.20. The van der Waals surface area contributed by atoms with Gasteiger partial charge in [-0.15, -0.1) is 0 Å². The Balaban J connectivity index is 2.35. The van der Waals surface area contributed by atoms with E-state index < -0.39 is 0 Å². The van der Waals surface area contributed by atoms with E-state index in [1.807, 2.05) is 43.3 Å². The van der Waals surface area contributed by atoms with Crippen LogP contribution >= 0.6 is 0 Å². The molecule has 0 bridgehead atoms. The molecule has 0 saturated carbocycles. The molecular weight excluding hydrogens is 238 g/mol. The molecule has 0 radical (unpaired) electrons. The average Bonchev–Trinajstić information content (AvgIpc) is 2.44.